The van der Waals surface area contributed by atoms with E-state index in [4.69, 9.17) is 4.74 Å². The number of guanidine groups is 1. The lowest BCUT2D eigenvalue weighted by molar-refractivity contribution is 0.0169. The van der Waals surface area contributed by atoms with E-state index in [1.807, 2.05) is 6.07 Å². The molecule has 0 saturated carbocycles. The van der Waals surface area contributed by atoms with Crippen molar-refractivity contribution in [3.05, 3.63) is 35.6 Å². The second-order valence-corrected chi connectivity index (χ2v) is 7.14. The summed E-state index contributed by atoms with van der Waals surface area (Å²) in [6.45, 7) is 9.18. The zero-order chi connectivity index (χ0) is 18.8. The Labute approximate surface area is 180 Å². The third-order valence-electron chi connectivity index (χ3n) is 4.66. The molecule has 0 amide bonds. The summed E-state index contributed by atoms with van der Waals surface area (Å²) in [6, 6.07) is 6.97. The van der Waals surface area contributed by atoms with Crippen LogP contribution >= 0.6 is 24.0 Å². The van der Waals surface area contributed by atoms with Crippen LogP contribution in [0.1, 0.15) is 38.3 Å². The smallest absolute Gasteiger partial charge is 0.191 e. The summed E-state index contributed by atoms with van der Waals surface area (Å²) in [6.07, 6.45) is 2.32. The average Bonchev–Trinajstić information content (AvgIpc) is 2.64. The summed E-state index contributed by atoms with van der Waals surface area (Å²) in [5, 5.41) is 6.77. The molecule has 0 radical (unpaired) electrons. The van der Waals surface area contributed by atoms with Crippen molar-refractivity contribution in [2.75, 3.05) is 46.4 Å². The molecular formula is C20H34FIN4O. The molecule has 2 rings (SSSR count). The number of nitrogens with one attached hydrogen (secondary N) is 2. The largest absolute Gasteiger partial charge is 0.379 e. The summed E-state index contributed by atoms with van der Waals surface area (Å²) in [5.41, 5.74) is 0.981. The number of hydrogen-bond donors (Lipinski definition) is 2. The Kier molecular flexibility index (Phi) is 11.9. The van der Waals surface area contributed by atoms with Gasteiger partial charge in [0.25, 0.3) is 0 Å². The first-order valence-corrected chi connectivity index (χ1v) is 9.62. The van der Waals surface area contributed by atoms with Crippen LogP contribution in [0.15, 0.2) is 29.3 Å². The maximum absolute atomic E-state index is 13.7. The predicted octanol–water partition coefficient (Wildman–Crippen LogP) is 3.42. The van der Waals surface area contributed by atoms with Crippen LogP contribution < -0.4 is 10.6 Å². The van der Waals surface area contributed by atoms with Crippen LogP contribution in [0.4, 0.5) is 4.39 Å². The Morgan fingerprint density at radius 2 is 2.00 bits per heavy atom. The lowest BCUT2D eigenvalue weighted by Crippen LogP contribution is -2.46. The first kappa shape index (κ1) is 24.1. The molecule has 1 aliphatic heterocycles. The number of benzene rings is 1. The van der Waals surface area contributed by atoms with Crippen molar-refractivity contribution in [2.45, 2.75) is 32.7 Å². The number of ether oxygens (including phenoxy) is 1. The number of halogens is 2. The molecule has 1 aromatic rings. The average molecular weight is 492 g/mol. The SMILES string of the molecule is CN=C(NCCCC(C)C)NCC(c1cccc(F)c1)N1CCOCC1.I. The van der Waals surface area contributed by atoms with Crippen LogP contribution in [0.25, 0.3) is 0 Å². The lowest BCUT2D eigenvalue weighted by Gasteiger charge is -2.35. The lowest BCUT2D eigenvalue weighted by atomic mass is 10.0. The topological polar surface area (TPSA) is 48.9 Å². The highest BCUT2D eigenvalue weighted by Gasteiger charge is 2.23. The first-order chi connectivity index (χ1) is 12.6. The van der Waals surface area contributed by atoms with Crippen LogP contribution in [0, 0.1) is 11.7 Å². The molecule has 0 aliphatic carbocycles. The van der Waals surface area contributed by atoms with Crippen molar-refractivity contribution in [2.24, 2.45) is 10.9 Å². The van der Waals surface area contributed by atoms with Gasteiger partial charge in [-0.15, -0.1) is 24.0 Å². The second-order valence-electron chi connectivity index (χ2n) is 7.14. The standard InChI is InChI=1S/C20H33FN4O.HI/c1-16(2)6-5-9-23-20(22-3)24-15-19(25-10-12-26-13-11-25)17-7-4-8-18(21)14-17;/h4,7-8,14,16,19H,5-6,9-13,15H2,1-3H3,(H2,22,23,24);1H. The summed E-state index contributed by atoms with van der Waals surface area (Å²) < 4.78 is 19.2. The number of rotatable bonds is 8. The Hall–Kier alpha value is -0.930. The van der Waals surface area contributed by atoms with Crippen LogP contribution in [-0.4, -0.2) is 57.3 Å². The predicted molar refractivity (Wildman–Crippen MR) is 120 cm³/mol. The number of aliphatic imine (C=N–C) groups is 1. The fourth-order valence-electron chi connectivity index (χ4n) is 3.19. The van der Waals surface area contributed by atoms with Crippen LogP contribution in [0.2, 0.25) is 0 Å². The molecule has 7 heteroatoms. The fraction of sp³-hybridized carbons (Fsp3) is 0.650. The van der Waals surface area contributed by atoms with Gasteiger partial charge in [-0.1, -0.05) is 26.0 Å². The minimum atomic E-state index is -0.197. The third kappa shape index (κ3) is 8.74. The van der Waals surface area contributed by atoms with E-state index in [1.54, 1.807) is 19.2 Å². The van der Waals surface area contributed by atoms with Crippen LogP contribution in [0.5, 0.6) is 0 Å². The summed E-state index contributed by atoms with van der Waals surface area (Å²) in [7, 11) is 1.78. The molecule has 27 heavy (non-hydrogen) atoms. The van der Waals surface area contributed by atoms with Crippen LogP contribution in [-0.2, 0) is 4.74 Å². The van der Waals surface area contributed by atoms with Gasteiger partial charge in [0, 0.05) is 33.2 Å². The molecule has 1 aromatic carbocycles. The molecule has 5 nitrogen and oxygen atoms in total. The summed E-state index contributed by atoms with van der Waals surface area (Å²) in [5.74, 6) is 1.31. The molecular weight excluding hydrogens is 458 g/mol. The van der Waals surface area contributed by atoms with E-state index in [0.717, 1.165) is 37.6 Å². The van der Waals surface area contributed by atoms with Gasteiger partial charge < -0.3 is 15.4 Å². The maximum atomic E-state index is 13.7. The number of nitrogens with zero attached hydrogens (tertiary/aromatic N) is 2. The van der Waals surface area contributed by atoms with Crippen molar-refractivity contribution >= 4 is 29.9 Å². The zero-order valence-corrected chi connectivity index (χ0v) is 19.0. The van der Waals surface area contributed by atoms with Gasteiger partial charge in [-0.05, 0) is 36.5 Å². The van der Waals surface area contributed by atoms with Crippen molar-refractivity contribution in [3.8, 4) is 0 Å². The van der Waals surface area contributed by atoms with Gasteiger partial charge in [0.05, 0.1) is 19.3 Å². The van der Waals surface area contributed by atoms with Gasteiger partial charge >= 0.3 is 0 Å². The van der Waals surface area contributed by atoms with E-state index >= 15 is 0 Å². The second kappa shape index (κ2) is 13.3. The van der Waals surface area contributed by atoms with E-state index in [-0.39, 0.29) is 35.8 Å². The fourth-order valence-corrected chi connectivity index (χ4v) is 3.19. The van der Waals surface area contributed by atoms with E-state index < -0.39 is 0 Å². The number of morpholine rings is 1. The van der Waals surface area contributed by atoms with E-state index in [1.165, 1.54) is 12.5 Å². The molecule has 154 valence electrons. The highest BCUT2D eigenvalue weighted by Crippen LogP contribution is 2.22. The molecule has 1 atom stereocenters. The highest BCUT2D eigenvalue weighted by atomic mass is 127. The molecule has 1 unspecified atom stereocenters. The van der Waals surface area contributed by atoms with Gasteiger partial charge in [0.15, 0.2) is 5.96 Å². The van der Waals surface area contributed by atoms with Gasteiger partial charge in [0.2, 0.25) is 0 Å². The summed E-state index contributed by atoms with van der Waals surface area (Å²) >= 11 is 0. The number of hydrogen-bond acceptors (Lipinski definition) is 3. The van der Waals surface area contributed by atoms with E-state index in [2.05, 4.69) is 34.4 Å². The van der Waals surface area contributed by atoms with Gasteiger partial charge in [-0.25, -0.2) is 4.39 Å². The molecule has 1 heterocycles. The molecule has 1 aliphatic rings. The molecule has 0 spiro atoms. The quantitative estimate of drug-likeness (QED) is 0.253. The Morgan fingerprint density at radius 1 is 1.26 bits per heavy atom. The van der Waals surface area contributed by atoms with Crippen molar-refractivity contribution in [1.82, 2.24) is 15.5 Å². The van der Waals surface area contributed by atoms with Gasteiger partial charge in [-0.3, -0.25) is 9.89 Å². The minimum Gasteiger partial charge on any atom is -0.379 e. The van der Waals surface area contributed by atoms with Crippen LogP contribution in [0.3, 0.4) is 0 Å². The van der Waals surface area contributed by atoms with Crippen molar-refractivity contribution < 1.29 is 9.13 Å². The normalized spacial score (nSPS) is 16.7. The van der Waals surface area contributed by atoms with Crippen molar-refractivity contribution in [3.63, 3.8) is 0 Å². The Morgan fingerprint density at radius 3 is 2.63 bits per heavy atom. The molecule has 0 aromatic heterocycles. The Bertz CT molecular complexity index is 565. The molecule has 2 N–H and O–H groups in total. The van der Waals surface area contributed by atoms with Gasteiger partial charge in [0.1, 0.15) is 5.82 Å². The molecule has 1 fully saturated rings. The first-order valence-electron chi connectivity index (χ1n) is 9.62. The molecule has 0 bridgehead atoms. The van der Waals surface area contributed by atoms with E-state index in [9.17, 15) is 4.39 Å². The Balaban J connectivity index is 0.00000364. The zero-order valence-electron chi connectivity index (χ0n) is 16.7. The third-order valence-corrected chi connectivity index (χ3v) is 4.66. The monoisotopic (exact) mass is 492 g/mol. The molecule has 1 saturated heterocycles. The van der Waals surface area contributed by atoms with Crippen molar-refractivity contribution in [1.29, 1.82) is 0 Å². The summed E-state index contributed by atoms with van der Waals surface area (Å²) in [4.78, 5) is 6.65. The van der Waals surface area contributed by atoms with E-state index in [0.29, 0.717) is 25.7 Å². The highest BCUT2D eigenvalue weighted by molar-refractivity contribution is 14.0. The maximum Gasteiger partial charge on any atom is 0.191 e. The van der Waals surface area contributed by atoms with Gasteiger partial charge in [-0.2, -0.15) is 0 Å². The minimum absolute atomic E-state index is 0.